The van der Waals surface area contributed by atoms with E-state index < -0.39 is 0 Å². The van der Waals surface area contributed by atoms with Crippen molar-refractivity contribution in [2.24, 2.45) is 0 Å². The second-order valence-electron chi connectivity index (χ2n) is 6.66. The molecule has 0 unspecified atom stereocenters. The summed E-state index contributed by atoms with van der Waals surface area (Å²) >= 11 is 3.48. The normalized spacial score (nSPS) is 10.4. The molecule has 0 heterocycles. The van der Waals surface area contributed by atoms with E-state index >= 15 is 0 Å². The summed E-state index contributed by atoms with van der Waals surface area (Å²) in [6, 6.07) is 21.6. The van der Waals surface area contributed by atoms with Crippen LogP contribution in [-0.4, -0.2) is 12.5 Å². The SMILES string of the molecule is Cc1cccc(NC(=O)COc2ccc(CNc3ccc(Br)cc3C)cc2)c1. The van der Waals surface area contributed by atoms with Gasteiger partial charge in [-0.2, -0.15) is 0 Å². The van der Waals surface area contributed by atoms with Crippen molar-refractivity contribution in [3.63, 3.8) is 0 Å². The van der Waals surface area contributed by atoms with Crippen LogP contribution in [0.15, 0.2) is 71.2 Å². The van der Waals surface area contributed by atoms with Gasteiger partial charge in [0.2, 0.25) is 0 Å². The third-order valence-electron chi connectivity index (χ3n) is 4.27. The first-order valence-corrected chi connectivity index (χ1v) is 9.87. The molecule has 0 saturated carbocycles. The van der Waals surface area contributed by atoms with Crippen molar-refractivity contribution < 1.29 is 9.53 Å². The molecule has 0 spiro atoms. The van der Waals surface area contributed by atoms with Crippen LogP contribution in [0.4, 0.5) is 11.4 Å². The average molecular weight is 439 g/mol. The van der Waals surface area contributed by atoms with Gasteiger partial charge in [-0.05, 0) is 73.0 Å². The van der Waals surface area contributed by atoms with Crippen LogP contribution in [-0.2, 0) is 11.3 Å². The number of carbonyl (C=O) groups excluding carboxylic acids is 1. The van der Waals surface area contributed by atoms with Crippen molar-refractivity contribution in [2.45, 2.75) is 20.4 Å². The molecule has 3 aromatic rings. The van der Waals surface area contributed by atoms with Gasteiger partial charge in [-0.25, -0.2) is 0 Å². The van der Waals surface area contributed by atoms with E-state index in [1.807, 2.05) is 61.5 Å². The summed E-state index contributed by atoms with van der Waals surface area (Å²) in [4.78, 5) is 12.0. The number of aryl methyl sites for hydroxylation is 2. The van der Waals surface area contributed by atoms with Crippen molar-refractivity contribution in [2.75, 3.05) is 17.2 Å². The molecular weight excluding hydrogens is 416 g/mol. The lowest BCUT2D eigenvalue weighted by atomic mass is 10.1. The van der Waals surface area contributed by atoms with Crippen LogP contribution in [0, 0.1) is 13.8 Å². The predicted octanol–water partition coefficient (Wildman–Crippen LogP) is 5.70. The number of carbonyl (C=O) groups is 1. The zero-order valence-electron chi connectivity index (χ0n) is 16.0. The third-order valence-corrected chi connectivity index (χ3v) is 4.76. The first-order chi connectivity index (χ1) is 13.5. The molecule has 0 aliphatic rings. The quantitative estimate of drug-likeness (QED) is 0.497. The Hall–Kier alpha value is -2.79. The largest absolute Gasteiger partial charge is 0.484 e. The highest BCUT2D eigenvalue weighted by molar-refractivity contribution is 9.10. The fourth-order valence-corrected chi connectivity index (χ4v) is 3.27. The molecule has 2 N–H and O–H groups in total. The summed E-state index contributed by atoms with van der Waals surface area (Å²) < 4.78 is 6.66. The summed E-state index contributed by atoms with van der Waals surface area (Å²) in [7, 11) is 0. The predicted molar refractivity (Wildman–Crippen MR) is 118 cm³/mol. The van der Waals surface area contributed by atoms with Gasteiger partial charge in [-0.1, -0.05) is 40.2 Å². The number of nitrogens with one attached hydrogen (secondary N) is 2. The molecule has 1 amide bonds. The molecule has 0 aliphatic carbocycles. The summed E-state index contributed by atoms with van der Waals surface area (Å²) in [6.07, 6.45) is 0. The van der Waals surface area contributed by atoms with Gasteiger partial charge in [0, 0.05) is 22.4 Å². The Morgan fingerprint density at radius 2 is 1.79 bits per heavy atom. The zero-order valence-corrected chi connectivity index (χ0v) is 17.5. The van der Waals surface area contributed by atoms with Crippen molar-refractivity contribution >= 4 is 33.2 Å². The molecule has 0 bridgehead atoms. The molecule has 0 fully saturated rings. The minimum absolute atomic E-state index is 0.0242. The standard InChI is InChI=1S/C23H23BrN2O2/c1-16-4-3-5-20(12-16)26-23(27)15-28-21-9-6-18(7-10-21)14-25-22-11-8-19(24)13-17(22)2/h3-13,25H,14-15H2,1-2H3,(H,26,27). The maximum absolute atomic E-state index is 12.0. The van der Waals surface area contributed by atoms with E-state index in [0.717, 1.165) is 33.5 Å². The molecule has 5 heteroatoms. The van der Waals surface area contributed by atoms with E-state index in [2.05, 4.69) is 45.6 Å². The molecule has 0 atom stereocenters. The molecule has 0 saturated heterocycles. The van der Waals surface area contributed by atoms with E-state index in [4.69, 9.17) is 4.74 Å². The van der Waals surface area contributed by atoms with Gasteiger partial charge < -0.3 is 15.4 Å². The lowest BCUT2D eigenvalue weighted by Crippen LogP contribution is -2.20. The van der Waals surface area contributed by atoms with Crippen LogP contribution in [0.2, 0.25) is 0 Å². The third kappa shape index (κ3) is 5.86. The van der Waals surface area contributed by atoms with Gasteiger partial charge in [0.1, 0.15) is 5.75 Å². The highest BCUT2D eigenvalue weighted by atomic mass is 79.9. The highest BCUT2D eigenvalue weighted by Crippen LogP contribution is 2.21. The van der Waals surface area contributed by atoms with Gasteiger partial charge in [-0.15, -0.1) is 0 Å². The first-order valence-electron chi connectivity index (χ1n) is 9.08. The lowest BCUT2D eigenvalue weighted by molar-refractivity contribution is -0.118. The summed E-state index contributed by atoms with van der Waals surface area (Å²) in [5.74, 6) is 0.491. The van der Waals surface area contributed by atoms with E-state index in [-0.39, 0.29) is 12.5 Å². The fourth-order valence-electron chi connectivity index (χ4n) is 2.80. The van der Waals surface area contributed by atoms with Gasteiger partial charge >= 0.3 is 0 Å². The smallest absolute Gasteiger partial charge is 0.262 e. The Morgan fingerprint density at radius 3 is 2.50 bits per heavy atom. The molecule has 4 nitrogen and oxygen atoms in total. The van der Waals surface area contributed by atoms with Crippen molar-refractivity contribution in [3.8, 4) is 5.75 Å². The average Bonchev–Trinajstić information content (AvgIpc) is 2.66. The van der Waals surface area contributed by atoms with Crippen LogP contribution < -0.4 is 15.4 Å². The van der Waals surface area contributed by atoms with Crippen LogP contribution in [0.1, 0.15) is 16.7 Å². The minimum atomic E-state index is -0.179. The molecule has 3 rings (SSSR count). The number of hydrogen-bond donors (Lipinski definition) is 2. The van der Waals surface area contributed by atoms with Gasteiger partial charge in [0.05, 0.1) is 0 Å². The van der Waals surface area contributed by atoms with Crippen molar-refractivity contribution in [1.29, 1.82) is 0 Å². The second kappa shape index (κ2) is 9.42. The monoisotopic (exact) mass is 438 g/mol. The second-order valence-corrected chi connectivity index (χ2v) is 7.58. The van der Waals surface area contributed by atoms with Gasteiger partial charge in [-0.3, -0.25) is 4.79 Å². The maximum Gasteiger partial charge on any atom is 0.262 e. The minimum Gasteiger partial charge on any atom is -0.484 e. The van der Waals surface area contributed by atoms with Crippen molar-refractivity contribution in [3.05, 3.63) is 87.9 Å². The Balaban J connectivity index is 1.48. The van der Waals surface area contributed by atoms with E-state index in [1.165, 1.54) is 5.56 Å². The van der Waals surface area contributed by atoms with E-state index in [9.17, 15) is 4.79 Å². The molecule has 28 heavy (non-hydrogen) atoms. The Labute approximate surface area is 174 Å². The fraction of sp³-hybridized carbons (Fsp3) is 0.174. The molecular formula is C23H23BrN2O2. The molecule has 0 aliphatic heterocycles. The van der Waals surface area contributed by atoms with Crippen LogP contribution >= 0.6 is 15.9 Å². The number of halogens is 1. The van der Waals surface area contributed by atoms with Gasteiger partial charge in [0.15, 0.2) is 6.61 Å². The number of anilines is 2. The Bertz CT molecular complexity index is 955. The Morgan fingerprint density at radius 1 is 1.00 bits per heavy atom. The number of amides is 1. The first kappa shape index (κ1) is 20.0. The molecule has 0 radical (unpaired) electrons. The number of ether oxygens (including phenoxy) is 1. The van der Waals surface area contributed by atoms with E-state index in [0.29, 0.717) is 5.75 Å². The van der Waals surface area contributed by atoms with Crippen LogP contribution in [0.3, 0.4) is 0 Å². The topological polar surface area (TPSA) is 50.4 Å². The number of hydrogen-bond acceptors (Lipinski definition) is 3. The van der Waals surface area contributed by atoms with Gasteiger partial charge in [0.25, 0.3) is 5.91 Å². The number of rotatable bonds is 7. The maximum atomic E-state index is 12.0. The zero-order chi connectivity index (χ0) is 19.9. The lowest BCUT2D eigenvalue weighted by Gasteiger charge is -2.11. The molecule has 3 aromatic carbocycles. The molecule has 144 valence electrons. The van der Waals surface area contributed by atoms with Crippen LogP contribution in [0.5, 0.6) is 5.75 Å². The summed E-state index contributed by atoms with van der Waals surface area (Å²) in [5.41, 5.74) is 5.31. The summed E-state index contributed by atoms with van der Waals surface area (Å²) in [6.45, 7) is 4.76. The highest BCUT2D eigenvalue weighted by Gasteiger charge is 2.05. The molecule has 0 aromatic heterocycles. The van der Waals surface area contributed by atoms with E-state index in [1.54, 1.807) is 0 Å². The summed E-state index contributed by atoms with van der Waals surface area (Å²) in [5, 5.41) is 6.27. The van der Waals surface area contributed by atoms with Crippen molar-refractivity contribution in [1.82, 2.24) is 0 Å². The van der Waals surface area contributed by atoms with Crippen LogP contribution in [0.25, 0.3) is 0 Å². The Kier molecular flexibility index (Phi) is 6.71. The number of benzene rings is 3.